The van der Waals surface area contributed by atoms with Crippen molar-refractivity contribution in [1.82, 2.24) is 5.32 Å². The lowest BCUT2D eigenvalue weighted by molar-refractivity contribution is -0.142. The lowest BCUT2D eigenvalue weighted by atomic mass is 10.3. The van der Waals surface area contributed by atoms with Crippen LogP contribution in [0.15, 0.2) is 24.3 Å². The number of aliphatic carboxylic acids is 1. The molecule has 104 valence electrons. The zero-order valence-electron chi connectivity index (χ0n) is 11.0. The van der Waals surface area contributed by atoms with Crippen LogP contribution < -0.4 is 14.8 Å². The van der Waals surface area contributed by atoms with E-state index in [0.29, 0.717) is 11.5 Å². The van der Waals surface area contributed by atoms with Crippen LogP contribution in [0, 0.1) is 0 Å². The number of ether oxygens (including phenoxy) is 2. The number of methoxy groups -OCH3 is 1. The summed E-state index contributed by atoms with van der Waals surface area (Å²) >= 11 is 0. The maximum Gasteiger partial charge on any atom is 0.325 e. The van der Waals surface area contributed by atoms with Gasteiger partial charge in [-0.3, -0.25) is 9.59 Å². The predicted molar refractivity (Wildman–Crippen MR) is 68.3 cm³/mol. The standard InChI is InChI=1S/C13H17NO5/c1-8(13(16)17)14-12(15)9(2)19-11-7-5-4-6-10(11)18-3/h4-9H,1-3H3,(H,14,15)(H,16,17). The summed E-state index contributed by atoms with van der Waals surface area (Å²) in [5.41, 5.74) is 0. The molecule has 0 spiro atoms. The number of hydrogen-bond donors (Lipinski definition) is 2. The van der Waals surface area contributed by atoms with Gasteiger partial charge in [-0.1, -0.05) is 12.1 Å². The fourth-order valence-corrected chi connectivity index (χ4v) is 1.35. The SMILES string of the molecule is COc1ccccc1OC(C)C(=O)NC(C)C(=O)O. The fraction of sp³-hybridized carbons (Fsp3) is 0.385. The summed E-state index contributed by atoms with van der Waals surface area (Å²) in [7, 11) is 1.50. The minimum absolute atomic E-state index is 0.427. The average molecular weight is 267 g/mol. The summed E-state index contributed by atoms with van der Waals surface area (Å²) in [6.07, 6.45) is -0.821. The van der Waals surface area contributed by atoms with Crippen LogP contribution in [-0.4, -0.2) is 36.2 Å². The lowest BCUT2D eigenvalue weighted by Crippen LogP contribution is -2.44. The van der Waals surface area contributed by atoms with Gasteiger partial charge < -0.3 is 19.9 Å². The molecule has 2 N–H and O–H groups in total. The summed E-state index contributed by atoms with van der Waals surface area (Å²) < 4.78 is 10.5. The van der Waals surface area contributed by atoms with Crippen LogP contribution in [0.2, 0.25) is 0 Å². The lowest BCUT2D eigenvalue weighted by Gasteiger charge is -2.17. The summed E-state index contributed by atoms with van der Waals surface area (Å²) in [6.45, 7) is 2.92. The molecule has 1 rings (SSSR count). The maximum absolute atomic E-state index is 11.7. The van der Waals surface area contributed by atoms with E-state index >= 15 is 0 Å². The van der Waals surface area contributed by atoms with E-state index in [2.05, 4.69) is 5.32 Å². The Morgan fingerprint density at radius 3 is 2.32 bits per heavy atom. The molecule has 6 nitrogen and oxygen atoms in total. The maximum atomic E-state index is 11.7. The molecule has 6 heteroatoms. The molecule has 0 saturated heterocycles. The Morgan fingerprint density at radius 1 is 1.21 bits per heavy atom. The Kier molecular flexibility index (Phi) is 5.17. The van der Waals surface area contributed by atoms with Gasteiger partial charge in [0.15, 0.2) is 17.6 Å². The first kappa shape index (κ1) is 14.8. The number of benzene rings is 1. The van der Waals surface area contributed by atoms with E-state index in [1.165, 1.54) is 21.0 Å². The Labute approximate surface area is 111 Å². The molecule has 0 heterocycles. The van der Waals surface area contributed by atoms with Crippen molar-refractivity contribution >= 4 is 11.9 Å². The quantitative estimate of drug-likeness (QED) is 0.804. The van der Waals surface area contributed by atoms with Crippen LogP contribution in [0.25, 0.3) is 0 Å². The summed E-state index contributed by atoms with van der Waals surface area (Å²) in [4.78, 5) is 22.4. The van der Waals surface area contributed by atoms with Crippen LogP contribution in [0.3, 0.4) is 0 Å². The topological polar surface area (TPSA) is 84.9 Å². The molecule has 1 aromatic rings. The second-order valence-electron chi connectivity index (χ2n) is 3.98. The van der Waals surface area contributed by atoms with E-state index in [9.17, 15) is 9.59 Å². The highest BCUT2D eigenvalue weighted by Crippen LogP contribution is 2.26. The highest BCUT2D eigenvalue weighted by molar-refractivity contribution is 5.86. The summed E-state index contributed by atoms with van der Waals surface area (Å²) in [6, 6.07) is 5.95. The van der Waals surface area contributed by atoms with Crippen molar-refractivity contribution in [3.05, 3.63) is 24.3 Å². The molecule has 1 amide bonds. The van der Waals surface area contributed by atoms with E-state index in [4.69, 9.17) is 14.6 Å². The van der Waals surface area contributed by atoms with Gasteiger partial charge in [-0.15, -0.1) is 0 Å². The first-order chi connectivity index (χ1) is 8.95. The molecule has 0 aromatic heterocycles. The first-order valence-electron chi connectivity index (χ1n) is 5.78. The van der Waals surface area contributed by atoms with Crippen LogP contribution in [0.1, 0.15) is 13.8 Å². The van der Waals surface area contributed by atoms with Gasteiger partial charge >= 0.3 is 5.97 Å². The molecule has 2 atom stereocenters. The minimum atomic E-state index is -1.10. The number of carboxylic acid groups (broad SMARTS) is 1. The molecule has 0 radical (unpaired) electrons. The number of nitrogens with one attached hydrogen (secondary N) is 1. The number of carboxylic acids is 1. The van der Waals surface area contributed by atoms with Crippen molar-refractivity contribution in [2.45, 2.75) is 26.0 Å². The fourth-order valence-electron chi connectivity index (χ4n) is 1.35. The average Bonchev–Trinajstić information content (AvgIpc) is 2.38. The van der Waals surface area contributed by atoms with Gasteiger partial charge in [0, 0.05) is 0 Å². The normalized spacial score (nSPS) is 13.2. The van der Waals surface area contributed by atoms with E-state index < -0.39 is 24.0 Å². The summed E-state index contributed by atoms with van der Waals surface area (Å²) in [5.74, 6) is -0.664. The van der Waals surface area contributed by atoms with E-state index in [0.717, 1.165) is 0 Å². The number of rotatable bonds is 6. The molecule has 0 aliphatic rings. The molecule has 0 bridgehead atoms. The van der Waals surface area contributed by atoms with Gasteiger partial charge in [-0.05, 0) is 26.0 Å². The van der Waals surface area contributed by atoms with Gasteiger partial charge in [0.2, 0.25) is 0 Å². The van der Waals surface area contributed by atoms with E-state index in [1.54, 1.807) is 24.3 Å². The summed E-state index contributed by atoms with van der Waals surface area (Å²) in [5, 5.41) is 11.0. The van der Waals surface area contributed by atoms with Crippen LogP contribution in [0.4, 0.5) is 0 Å². The number of carbonyl (C=O) groups excluding carboxylic acids is 1. The van der Waals surface area contributed by atoms with Gasteiger partial charge in [0.1, 0.15) is 6.04 Å². The number of para-hydroxylation sites is 2. The Bertz CT molecular complexity index is 460. The third-order valence-electron chi connectivity index (χ3n) is 2.47. The van der Waals surface area contributed by atoms with Crippen molar-refractivity contribution in [2.24, 2.45) is 0 Å². The minimum Gasteiger partial charge on any atom is -0.493 e. The first-order valence-corrected chi connectivity index (χ1v) is 5.78. The molecule has 2 unspecified atom stereocenters. The zero-order chi connectivity index (χ0) is 14.4. The molecule has 0 fully saturated rings. The van der Waals surface area contributed by atoms with E-state index in [1.807, 2.05) is 0 Å². The molecule has 0 aliphatic carbocycles. The third kappa shape index (κ3) is 4.17. The molecular formula is C13H17NO5. The highest BCUT2D eigenvalue weighted by atomic mass is 16.5. The number of amides is 1. The Hall–Kier alpha value is -2.24. The molecule has 0 aliphatic heterocycles. The predicted octanol–water partition coefficient (Wildman–Crippen LogP) is 1.05. The Morgan fingerprint density at radius 2 is 1.79 bits per heavy atom. The van der Waals surface area contributed by atoms with Crippen molar-refractivity contribution in [3.8, 4) is 11.5 Å². The Balaban J connectivity index is 2.66. The van der Waals surface area contributed by atoms with Crippen LogP contribution >= 0.6 is 0 Å². The van der Waals surface area contributed by atoms with Gasteiger partial charge in [-0.25, -0.2) is 0 Å². The number of hydrogen-bond acceptors (Lipinski definition) is 4. The second-order valence-corrected chi connectivity index (χ2v) is 3.98. The zero-order valence-corrected chi connectivity index (χ0v) is 11.0. The van der Waals surface area contributed by atoms with Crippen LogP contribution in [0.5, 0.6) is 11.5 Å². The molecule has 19 heavy (non-hydrogen) atoms. The highest BCUT2D eigenvalue weighted by Gasteiger charge is 2.21. The van der Waals surface area contributed by atoms with Crippen molar-refractivity contribution in [1.29, 1.82) is 0 Å². The smallest absolute Gasteiger partial charge is 0.325 e. The van der Waals surface area contributed by atoms with Gasteiger partial charge in [0.05, 0.1) is 7.11 Å². The van der Waals surface area contributed by atoms with Crippen molar-refractivity contribution in [2.75, 3.05) is 7.11 Å². The van der Waals surface area contributed by atoms with Crippen molar-refractivity contribution in [3.63, 3.8) is 0 Å². The largest absolute Gasteiger partial charge is 0.493 e. The van der Waals surface area contributed by atoms with Gasteiger partial charge in [0.25, 0.3) is 5.91 Å². The van der Waals surface area contributed by atoms with Crippen molar-refractivity contribution < 1.29 is 24.2 Å². The van der Waals surface area contributed by atoms with E-state index in [-0.39, 0.29) is 0 Å². The molecule has 1 aromatic carbocycles. The monoisotopic (exact) mass is 267 g/mol. The van der Waals surface area contributed by atoms with Gasteiger partial charge in [-0.2, -0.15) is 0 Å². The molecular weight excluding hydrogens is 250 g/mol. The van der Waals surface area contributed by atoms with Crippen LogP contribution in [-0.2, 0) is 9.59 Å². The second kappa shape index (κ2) is 6.63. The third-order valence-corrected chi connectivity index (χ3v) is 2.47. The molecule has 0 saturated carbocycles. The number of carbonyl (C=O) groups is 2.